The minimum absolute atomic E-state index is 0.223. The Kier molecular flexibility index (Phi) is 7.25. The van der Waals surface area contributed by atoms with Gasteiger partial charge in [0.15, 0.2) is 0 Å². The highest BCUT2D eigenvalue weighted by atomic mass is 16.1. The molecule has 1 aliphatic rings. The van der Waals surface area contributed by atoms with Crippen molar-refractivity contribution in [2.24, 2.45) is 5.92 Å². The van der Waals surface area contributed by atoms with Gasteiger partial charge in [0.2, 0.25) is 5.91 Å². The van der Waals surface area contributed by atoms with Gasteiger partial charge in [0.1, 0.15) is 0 Å². The van der Waals surface area contributed by atoms with Crippen molar-refractivity contribution >= 4 is 5.91 Å². The first-order chi connectivity index (χ1) is 8.18. The highest BCUT2D eigenvalue weighted by Crippen LogP contribution is 2.26. The van der Waals surface area contributed by atoms with Gasteiger partial charge in [-0.3, -0.25) is 4.79 Å². The minimum atomic E-state index is 0.223. The summed E-state index contributed by atoms with van der Waals surface area (Å²) in [5.41, 5.74) is 0. The van der Waals surface area contributed by atoms with Crippen LogP contribution in [-0.2, 0) is 4.79 Å². The molecule has 1 rings (SSSR count). The van der Waals surface area contributed by atoms with Crippen LogP contribution in [0.5, 0.6) is 0 Å². The molecule has 0 heterocycles. The van der Waals surface area contributed by atoms with Crippen molar-refractivity contribution < 1.29 is 4.79 Å². The van der Waals surface area contributed by atoms with Crippen molar-refractivity contribution in [3.8, 4) is 0 Å². The first-order valence-corrected chi connectivity index (χ1v) is 7.18. The zero-order valence-corrected chi connectivity index (χ0v) is 11.4. The van der Waals surface area contributed by atoms with E-state index in [1.54, 1.807) is 0 Å². The van der Waals surface area contributed by atoms with Gasteiger partial charge in [-0.1, -0.05) is 46.0 Å². The third-order valence-electron chi connectivity index (χ3n) is 3.50. The van der Waals surface area contributed by atoms with Gasteiger partial charge in [0, 0.05) is 25.6 Å². The van der Waals surface area contributed by atoms with Gasteiger partial charge in [-0.15, -0.1) is 0 Å². The maximum Gasteiger partial charge on any atom is 0.220 e. The number of rotatable bonds is 7. The Bertz CT molecular complexity index is 210. The monoisotopic (exact) mass is 240 g/mol. The smallest absolute Gasteiger partial charge is 0.220 e. The molecule has 100 valence electrons. The van der Waals surface area contributed by atoms with Crippen LogP contribution < -0.4 is 10.6 Å². The van der Waals surface area contributed by atoms with Crippen molar-refractivity contribution in [2.45, 2.75) is 64.8 Å². The first kappa shape index (κ1) is 14.5. The molecule has 17 heavy (non-hydrogen) atoms. The van der Waals surface area contributed by atoms with Crippen molar-refractivity contribution in [1.29, 1.82) is 0 Å². The average molecular weight is 240 g/mol. The summed E-state index contributed by atoms with van der Waals surface area (Å²) in [7, 11) is 0. The second kappa shape index (κ2) is 8.51. The van der Waals surface area contributed by atoms with Crippen molar-refractivity contribution in [3.05, 3.63) is 0 Å². The van der Waals surface area contributed by atoms with E-state index in [-0.39, 0.29) is 5.91 Å². The van der Waals surface area contributed by atoms with Gasteiger partial charge >= 0.3 is 0 Å². The molecule has 3 heteroatoms. The lowest BCUT2D eigenvalue weighted by Gasteiger charge is -2.21. The van der Waals surface area contributed by atoms with Crippen LogP contribution >= 0.6 is 0 Å². The highest BCUT2D eigenvalue weighted by molar-refractivity contribution is 5.75. The van der Waals surface area contributed by atoms with Crippen LogP contribution in [-0.4, -0.2) is 25.0 Å². The molecule has 0 aliphatic heterocycles. The Hall–Kier alpha value is -0.570. The summed E-state index contributed by atoms with van der Waals surface area (Å²) in [6.07, 6.45) is 8.60. The molecule has 1 aliphatic carbocycles. The summed E-state index contributed by atoms with van der Waals surface area (Å²) in [4.78, 5) is 11.6. The molecule has 0 saturated heterocycles. The summed E-state index contributed by atoms with van der Waals surface area (Å²) in [5.74, 6) is 1.03. The fourth-order valence-corrected chi connectivity index (χ4v) is 2.46. The van der Waals surface area contributed by atoms with Crippen LogP contribution in [0.1, 0.15) is 58.8 Å². The summed E-state index contributed by atoms with van der Waals surface area (Å²) in [5, 5.41) is 6.27. The standard InChI is InChI=1S/C14H28N2O/c1-12(2)15-10-11-16-14(17)9-8-13-6-4-3-5-7-13/h12-13,15H,3-11H2,1-2H3,(H,16,17). The highest BCUT2D eigenvalue weighted by Gasteiger charge is 2.14. The number of nitrogens with one attached hydrogen (secondary N) is 2. The maximum absolute atomic E-state index is 11.6. The SMILES string of the molecule is CC(C)NCCNC(=O)CCC1CCCCC1. The van der Waals surface area contributed by atoms with E-state index in [2.05, 4.69) is 24.5 Å². The van der Waals surface area contributed by atoms with Gasteiger partial charge in [-0.2, -0.15) is 0 Å². The van der Waals surface area contributed by atoms with Crippen LogP contribution in [0.2, 0.25) is 0 Å². The predicted octanol–water partition coefficient (Wildman–Crippen LogP) is 2.46. The molecule has 0 aromatic heterocycles. The lowest BCUT2D eigenvalue weighted by Crippen LogP contribution is -2.34. The second-order valence-corrected chi connectivity index (χ2v) is 5.50. The van der Waals surface area contributed by atoms with Crippen LogP contribution in [0.15, 0.2) is 0 Å². The minimum Gasteiger partial charge on any atom is -0.355 e. The topological polar surface area (TPSA) is 41.1 Å². The van der Waals surface area contributed by atoms with Crippen LogP contribution in [0.25, 0.3) is 0 Å². The summed E-state index contributed by atoms with van der Waals surface area (Å²) < 4.78 is 0. The van der Waals surface area contributed by atoms with E-state index in [0.29, 0.717) is 12.5 Å². The van der Waals surface area contributed by atoms with E-state index < -0.39 is 0 Å². The summed E-state index contributed by atoms with van der Waals surface area (Å²) in [6.45, 7) is 5.85. The van der Waals surface area contributed by atoms with Gasteiger partial charge in [0.25, 0.3) is 0 Å². The molecule has 0 atom stereocenters. The molecular weight excluding hydrogens is 212 g/mol. The largest absolute Gasteiger partial charge is 0.355 e. The third kappa shape index (κ3) is 7.37. The molecule has 1 amide bonds. The fraction of sp³-hybridized carbons (Fsp3) is 0.929. The van der Waals surface area contributed by atoms with E-state index in [1.807, 2.05) is 0 Å². The van der Waals surface area contributed by atoms with Gasteiger partial charge in [-0.05, 0) is 12.3 Å². The lowest BCUT2D eigenvalue weighted by molar-refractivity contribution is -0.121. The van der Waals surface area contributed by atoms with E-state index in [4.69, 9.17) is 0 Å². The number of hydrogen-bond donors (Lipinski definition) is 2. The second-order valence-electron chi connectivity index (χ2n) is 5.50. The molecule has 1 fully saturated rings. The molecule has 0 aromatic rings. The van der Waals surface area contributed by atoms with E-state index in [0.717, 1.165) is 25.4 Å². The van der Waals surface area contributed by atoms with E-state index in [1.165, 1.54) is 32.1 Å². The van der Waals surface area contributed by atoms with E-state index in [9.17, 15) is 4.79 Å². The Morgan fingerprint density at radius 1 is 1.18 bits per heavy atom. The molecule has 0 aromatic carbocycles. The quantitative estimate of drug-likeness (QED) is 0.671. The molecule has 3 nitrogen and oxygen atoms in total. The van der Waals surface area contributed by atoms with Crippen molar-refractivity contribution in [1.82, 2.24) is 10.6 Å². The Morgan fingerprint density at radius 2 is 1.88 bits per heavy atom. The number of hydrogen-bond acceptors (Lipinski definition) is 2. The summed E-state index contributed by atoms with van der Waals surface area (Å²) in [6, 6.07) is 0.495. The number of amides is 1. The third-order valence-corrected chi connectivity index (χ3v) is 3.50. The Labute approximate surface area is 106 Å². The van der Waals surface area contributed by atoms with Crippen LogP contribution in [0, 0.1) is 5.92 Å². The fourth-order valence-electron chi connectivity index (χ4n) is 2.46. The molecule has 0 unspecified atom stereocenters. The molecule has 0 radical (unpaired) electrons. The molecule has 0 spiro atoms. The Morgan fingerprint density at radius 3 is 2.53 bits per heavy atom. The van der Waals surface area contributed by atoms with Gasteiger partial charge in [0.05, 0.1) is 0 Å². The maximum atomic E-state index is 11.6. The van der Waals surface area contributed by atoms with E-state index >= 15 is 0 Å². The van der Waals surface area contributed by atoms with Crippen molar-refractivity contribution in [3.63, 3.8) is 0 Å². The molecule has 0 bridgehead atoms. The van der Waals surface area contributed by atoms with Crippen LogP contribution in [0.3, 0.4) is 0 Å². The Balaban J connectivity index is 1.96. The zero-order valence-electron chi connectivity index (χ0n) is 11.4. The molecule has 1 saturated carbocycles. The molecular formula is C14H28N2O. The zero-order chi connectivity index (χ0) is 12.5. The number of carbonyl (C=O) groups is 1. The van der Waals surface area contributed by atoms with Gasteiger partial charge in [-0.25, -0.2) is 0 Å². The number of carbonyl (C=O) groups excluding carboxylic acids is 1. The normalized spacial score (nSPS) is 17.4. The van der Waals surface area contributed by atoms with Gasteiger partial charge < -0.3 is 10.6 Å². The lowest BCUT2D eigenvalue weighted by atomic mass is 9.86. The average Bonchev–Trinajstić information content (AvgIpc) is 2.33. The summed E-state index contributed by atoms with van der Waals surface area (Å²) >= 11 is 0. The predicted molar refractivity (Wildman–Crippen MR) is 72.0 cm³/mol. The first-order valence-electron chi connectivity index (χ1n) is 7.18. The van der Waals surface area contributed by atoms with Crippen molar-refractivity contribution in [2.75, 3.05) is 13.1 Å². The molecule has 2 N–H and O–H groups in total. The van der Waals surface area contributed by atoms with Crippen LogP contribution in [0.4, 0.5) is 0 Å².